The van der Waals surface area contributed by atoms with Crippen LogP contribution in [0.2, 0.25) is 0 Å². The summed E-state index contributed by atoms with van der Waals surface area (Å²) < 4.78 is 6.17. The van der Waals surface area contributed by atoms with Crippen molar-refractivity contribution in [3.8, 4) is 5.75 Å². The largest absolute Gasteiger partial charge is 0.497 e. The highest BCUT2D eigenvalue weighted by Gasteiger charge is 2.45. The Labute approximate surface area is 178 Å². The van der Waals surface area contributed by atoms with Crippen molar-refractivity contribution in [2.45, 2.75) is 24.6 Å². The van der Waals surface area contributed by atoms with Gasteiger partial charge in [-0.2, -0.15) is 0 Å². The minimum Gasteiger partial charge on any atom is -0.497 e. The maximum absolute atomic E-state index is 13.6. The number of carbonyl (C=O) groups excluding carboxylic acids is 1. The van der Waals surface area contributed by atoms with Crippen molar-refractivity contribution in [1.29, 1.82) is 0 Å². The summed E-state index contributed by atoms with van der Waals surface area (Å²) in [6, 6.07) is 24.3. The van der Waals surface area contributed by atoms with Gasteiger partial charge in [-0.25, -0.2) is 0 Å². The number of ether oxygens (including phenoxy) is 1. The molecule has 5 heteroatoms. The number of methoxy groups -OCH3 is 1. The van der Waals surface area contributed by atoms with Crippen LogP contribution in [0.3, 0.4) is 0 Å². The number of nitrogens with zero attached hydrogens (tertiary/aromatic N) is 1. The molecule has 0 aromatic heterocycles. The van der Waals surface area contributed by atoms with Crippen LogP contribution in [-0.4, -0.2) is 30.3 Å². The summed E-state index contributed by atoms with van der Waals surface area (Å²) in [7, 11) is 1.60. The van der Waals surface area contributed by atoms with Gasteiger partial charge in [0.15, 0.2) is 5.78 Å². The van der Waals surface area contributed by atoms with Gasteiger partial charge in [0.25, 0.3) is 0 Å². The van der Waals surface area contributed by atoms with Crippen LogP contribution in [0.15, 0.2) is 83.3 Å². The summed E-state index contributed by atoms with van der Waals surface area (Å²) in [6.07, 6.45) is -0.249. The van der Waals surface area contributed by atoms with Crippen molar-refractivity contribution in [1.82, 2.24) is 0 Å². The molecule has 29 heavy (non-hydrogen) atoms. The van der Waals surface area contributed by atoms with Crippen LogP contribution in [-0.2, 0) is 0 Å². The predicted octanol–water partition coefficient (Wildman–Crippen LogP) is 5.02. The van der Waals surface area contributed by atoms with Gasteiger partial charge in [0, 0.05) is 28.1 Å². The topological polar surface area (TPSA) is 49.8 Å². The number of Topliss-reactive ketones (excluding diaryl/α,β-unsaturated/α-hetero) is 1. The fourth-order valence-corrected chi connectivity index (χ4v) is 4.31. The number of benzene rings is 3. The van der Waals surface area contributed by atoms with E-state index in [1.54, 1.807) is 31.4 Å². The fraction of sp³-hybridized carbons (Fsp3) is 0.208. The summed E-state index contributed by atoms with van der Waals surface area (Å²) in [4.78, 5) is 15.5. The lowest BCUT2D eigenvalue weighted by Crippen LogP contribution is -2.42. The summed E-state index contributed by atoms with van der Waals surface area (Å²) in [6.45, 7) is 0. The molecule has 0 aliphatic carbocycles. The van der Waals surface area contributed by atoms with Crippen LogP contribution in [0.1, 0.15) is 28.3 Å². The number of anilines is 1. The molecule has 4 nitrogen and oxygen atoms in total. The minimum atomic E-state index is -0.742. The molecule has 1 heterocycles. The van der Waals surface area contributed by atoms with Gasteiger partial charge in [-0.15, -0.1) is 0 Å². The van der Waals surface area contributed by atoms with Gasteiger partial charge in [0.2, 0.25) is 0 Å². The number of ketones is 1. The van der Waals surface area contributed by atoms with Gasteiger partial charge >= 0.3 is 0 Å². The Balaban J connectivity index is 1.76. The summed E-state index contributed by atoms with van der Waals surface area (Å²) in [5, 5.41) is 10.9. The van der Waals surface area contributed by atoms with Gasteiger partial charge < -0.3 is 14.7 Å². The number of rotatable bonds is 5. The van der Waals surface area contributed by atoms with E-state index in [1.165, 1.54) is 0 Å². The molecule has 3 aromatic rings. The number of halogens is 1. The van der Waals surface area contributed by atoms with Crippen LogP contribution < -0.4 is 9.64 Å². The zero-order valence-electron chi connectivity index (χ0n) is 16.0. The highest BCUT2D eigenvalue weighted by atomic mass is 79.9. The van der Waals surface area contributed by atoms with E-state index >= 15 is 0 Å². The third kappa shape index (κ3) is 3.93. The van der Waals surface area contributed by atoms with Crippen LogP contribution in [0.4, 0.5) is 5.69 Å². The van der Waals surface area contributed by atoms with Crippen molar-refractivity contribution < 1.29 is 14.6 Å². The van der Waals surface area contributed by atoms with E-state index in [2.05, 4.69) is 15.9 Å². The zero-order valence-corrected chi connectivity index (χ0v) is 17.6. The molecule has 148 valence electrons. The van der Waals surface area contributed by atoms with Gasteiger partial charge in [0.1, 0.15) is 18.0 Å². The first-order valence-corrected chi connectivity index (χ1v) is 10.3. The van der Waals surface area contributed by atoms with Crippen LogP contribution in [0, 0.1) is 0 Å². The van der Waals surface area contributed by atoms with Crippen molar-refractivity contribution in [3.63, 3.8) is 0 Å². The molecule has 3 aromatic carbocycles. The second kappa shape index (κ2) is 8.39. The Morgan fingerprint density at radius 3 is 2.28 bits per heavy atom. The second-order valence-electron chi connectivity index (χ2n) is 7.15. The molecule has 0 bridgehead atoms. The third-order valence-corrected chi connectivity index (χ3v) is 5.99. The summed E-state index contributed by atoms with van der Waals surface area (Å²) >= 11 is 3.45. The van der Waals surface area contributed by atoms with E-state index in [9.17, 15) is 9.90 Å². The number of hydrogen-bond donors (Lipinski definition) is 1. The predicted molar refractivity (Wildman–Crippen MR) is 118 cm³/mol. The molecule has 1 aliphatic rings. The molecular weight excluding hydrogens is 430 g/mol. The Morgan fingerprint density at radius 1 is 1.00 bits per heavy atom. The van der Waals surface area contributed by atoms with E-state index < -0.39 is 12.3 Å². The number of hydrogen-bond acceptors (Lipinski definition) is 4. The molecule has 1 saturated heterocycles. The monoisotopic (exact) mass is 451 g/mol. The SMILES string of the molecule is COc1ccc(C(=O)[C@H]2[C@H](c3ccccc3)C[C@@H](O)N2c2ccc(Br)cc2)cc1. The van der Waals surface area contributed by atoms with Crippen molar-refractivity contribution in [2.75, 3.05) is 12.0 Å². The minimum absolute atomic E-state index is 0.0130. The van der Waals surface area contributed by atoms with E-state index in [1.807, 2.05) is 59.5 Å². The number of carbonyl (C=O) groups is 1. The molecule has 0 saturated carbocycles. The van der Waals surface area contributed by atoms with E-state index in [0.717, 1.165) is 15.7 Å². The Morgan fingerprint density at radius 2 is 1.66 bits per heavy atom. The maximum atomic E-state index is 13.6. The molecule has 0 amide bonds. The fourth-order valence-electron chi connectivity index (χ4n) is 4.05. The Kier molecular flexibility index (Phi) is 5.69. The molecule has 1 fully saturated rings. The zero-order chi connectivity index (χ0) is 20.4. The standard InChI is InChI=1S/C24H22BrNO3/c1-29-20-13-7-17(8-14-20)24(28)23-21(16-5-3-2-4-6-16)15-22(27)26(23)19-11-9-18(25)10-12-19/h2-14,21-23,27H,15H2,1H3/t21-,22+,23+/m0/s1. The second-order valence-corrected chi connectivity index (χ2v) is 8.07. The van der Waals surface area contributed by atoms with Gasteiger partial charge in [0.05, 0.1) is 7.11 Å². The van der Waals surface area contributed by atoms with E-state index in [0.29, 0.717) is 17.7 Å². The molecule has 0 unspecified atom stereocenters. The first-order chi connectivity index (χ1) is 14.1. The molecule has 3 atom stereocenters. The highest BCUT2D eigenvalue weighted by Crippen LogP contribution is 2.41. The molecule has 1 N–H and O–H groups in total. The van der Waals surface area contributed by atoms with Gasteiger partial charge in [-0.3, -0.25) is 4.79 Å². The number of aliphatic hydroxyl groups excluding tert-OH is 1. The quantitative estimate of drug-likeness (QED) is 0.553. The van der Waals surface area contributed by atoms with Crippen molar-refractivity contribution >= 4 is 27.4 Å². The normalized spacial score (nSPS) is 21.2. The molecule has 4 rings (SSSR count). The molecule has 1 aliphatic heterocycles. The van der Waals surface area contributed by atoms with Crippen molar-refractivity contribution in [2.24, 2.45) is 0 Å². The first kappa shape index (κ1) is 19.7. The highest BCUT2D eigenvalue weighted by molar-refractivity contribution is 9.10. The average molecular weight is 452 g/mol. The Hall–Kier alpha value is -2.63. The number of aliphatic hydroxyl groups is 1. The van der Waals surface area contributed by atoms with Crippen molar-refractivity contribution in [3.05, 3.63) is 94.5 Å². The lowest BCUT2D eigenvalue weighted by molar-refractivity contribution is 0.0946. The lowest BCUT2D eigenvalue weighted by atomic mass is 9.87. The first-order valence-electron chi connectivity index (χ1n) is 9.53. The van der Waals surface area contributed by atoms with E-state index in [-0.39, 0.29) is 11.7 Å². The Bertz CT molecular complexity index is 973. The smallest absolute Gasteiger partial charge is 0.185 e. The molecular formula is C24H22BrNO3. The third-order valence-electron chi connectivity index (χ3n) is 5.46. The van der Waals surface area contributed by atoms with Gasteiger partial charge in [-0.05, 0) is 54.1 Å². The lowest BCUT2D eigenvalue weighted by Gasteiger charge is -2.31. The average Bonchev–Trinajstić information content (AvgIpc) is 3.11. The molecule has 0 radical (unpaired) electrons. The van der Waals surface area contributed by atoms with Crippen LogP contribution in [0.25, 0.3) is 0 Å². The van der Waals surface area contributed by atoms with Gasteiger partial charge in [-0.1, -0.05) is 46.3 Å². The van der Waals surface area contributed by atoms with Crippen LogP contribution >= 0.6 is 15.9 Å². The summed E-state index contributed by atoms with van der Waals surface area (Å²) in [5.74, 6) is 0.586. The van der Waals surface area contributed by atoms with E-state index in [4.69, 9.17) is 4.74 Å². The van der Waals surface area contributed by atoms with Crippen LogP contribution in [0.5, 0.6) is 5.75 Å². The summed E-state index contributed by atoms with van der Waals surface area (Å²) in [5.41, 5.74) is 2.48. The maximum Gasteiger partial charge on any atom is 0.185 e. The molecule has 0 spiro atoms.